The van der Waals surface area contributed by atoms with Gasteiger partial charge in [-0.2, -0.15) is 0 Å². The Hall–Kier alpha value is -0.640. The molecule has 0 saturated carbocycles. The van der Waals surface area contributed by atoms with Crippen LogP contribution in [-0.4, -0.2) is 168 Å². The van der Waals surface area contributed by atoms with E-state index in [9.17, 15) is 56.2 Å². The summed E-state index contributed by atoms with van der Waals surface area (Å²) in [5.41, 5.74) is 0. The Morgan fingerprint density at radius 3 is 1.47 bits per heavy atom. The highest BCUT2D eigenvalue weighted by atomic mass is 16.7. The molecule has 11 N–H and O–H groups in total. The van der Waals surface area contributed by atoms with Crippen molar-refractivity contribution in [3.63, 3.8) is 0 Å². The van der Waals surface area contributed by atoms with Crippen molar-refractivity contribution >= 4 is 0 Å². The molecule has 34 heavy (non-hydrogen) atoms. The Labute approximate surface area is 192 Å². The van der Waals surface area contributed by atoms with Gasteiger partial charge in [0.15, 0.2) is 18.9 Å². The van der Waals surface area contributed by atoms with Crippen molar-refractivity contribution < 1.29 is 79.9 Å². The Bertz CT molecular complexity index is 637. The zero-order valence-electron chi connectivity index (χ0n) is 17.7. The van der Waals surface area contributed by atoms with Crippen LogP contribution in [0.4, 0.5) is 0 Å². The van der Waals surface area contributed by atoms with E-state index in [4.69, 9.17) is 23.7 Å². The quantitative estimate of drug-likeness (QED) is 0.154. The summed E-state index contributed by atoms with van der Waals surface area (Å²) in [6, 6.07) is 0. The van der Waals surface area contributed by atoms with Crippen LogP contribution in [0, 0.1) is 0 Å². The topological polar surface area (TPSA) is 269 Å². The molecule has 15 atom stereocenters. The number of rotatable bonds is 7. The summed E-state index contributed by atoms with van der Waals surface area (Å²) in [6.07, 6.45) is -25.3. The van der Waals surface area contributed by atoms with E-state index in [-0.39, 0.29) is 0 Å². The highest BCUT2D eigenvalue weighted by molar-refractivity contribution is 4.96. The van der Waals surface area contributed by atoms with Gasteiger partial charge >= 0.3 is 0 Å². The maximum absolute atomic E-state index is 10.6. The molecule has 3 saturated heterocycles. The summed E-state index contributed by atoms with van der Waals surface area (Å²) < 4.78 is 26.2. The van der Waals surface area contributed by atoms with Gasteiger partial charge < -0.3 is 79.9 Å². The van der Waals surface area contributed by atoms with Gasteiger partial charge in [-0.3, -0.25) is 0 Å². The van der Waals surface area contributed by atoms with Crippen LogP contribution in [0.5, 0.6) is 0 Å². The molecule has 200 valence electrons. The zero-order valence-corrected chi connectivity index (χ0v) is 17.7. The number of hydrogen-bond acceptors (Lipinski definition) is 16. The van der Waals surface area contributed by atoms with Crippen molar-refractivity contribution in [2.45, 2.75) is 92.1 Å². The summed E-state index contributed by atoms with van der Waals surface area (Å²) in [5.74, 6) is 0. The number of ether oxygens (including phenoxy) is 5. The molecule has 0 aromatic carbocycles. The lowest BCUT2D eigenvalue weighted by atomic mass is 9.96. The summed E-state index contributed by atoms with van der Waals surface area (Å²) in [5, 5.41) is 109. The van der Waals surface area contributed by atoms with Crippen molar-refractivity contribution in [3.05, 3.63) is 0 Å². The van der Waals surface area contributed by atoms with Crippen LogP contribution >= 0.6 is 0 Å². The van der Waals surface area contributed by atoms with E-state index in [0.29, 0.717) is 0 Å². The van der Waals surface area contributed by atoms with Crippen LogP contribution in [0.15, 0.2) is 0 Å². The Morgan fingerprint density at radius 2 is 0.912 bits per heavy atom. The second kappa shape index (κ2) is 11.6. The Morgan fingerprint density at radius 1 is 0.441 bits per heavy atom. The molecule has 0 aromatic heterocycles. The first-order chi connectivity index (χ1) is 16.0. The summed E-state index contributed by atoms with van der Waals surface area (Å²) in [7, 11) is 0. The third-order valence-electron chi connectivity index (χ3n) is 6.09. The van der Waals surface area contributed by atoms with Crippen LogP contribution in [0.3, 0.4) is 0 Å². The molecule has 0 radical (unpaired) electrons. The average molecular weight is 504 g/mol. The molecule has 3 heterocycles. The SMILES string of the molecule is OC[C@H]1O[C@@H](O[C@H]2[C@H](O)[C@@H](O)[C@H](O[C@H]3[C@H](O)[C@@H](CO)OC(O)[C@@H]3O)O[C@@H]2CO)[C@H](O)[C@@H](O)[C@@H]1O. The first kappa shape index (κ1) is 27.9. The minimum Gasteiger partial charge on any atom is -0.394 e. The van der Waals surface area contributed by atoms with Gasteiger partial charge in [-0.15, -0.1) is 0 Å². The molecule has 16 nitrogen and oxygen atoms in total. The molecular formula is C18H32O16. The number of aliphatic hydroxyl groups excluding tert-OH is 11. The first-order valence-corrected chi connectivity index (χ1v) is 10.6. The molecule has 0 aromatic rings. The van der Waals surface area contributed by atoms with Gasteiger partial charge in [0.05, 0.1) is 19.8 Å². The Kier molecular flexibility index (Phi) is 9.54. The lowest BCUT2D eigenvalue weighted by Gasteiger charge is -2.47. The van der Waals surface area contributed by atoms with Crippen molar-refractivity contribution in [3.8, 4) is 0 Å². The molecule has 0 spiro atoms. The molecular weight excluding hydrogens is 472 g/mol. The van der Waals surface area contributed by atoms with Crippen LogP contribution < -0.4 is 0 Å². The predicted molar refractivity (Wildman–Crippen MR) is 101 cm³/mol. The fourth-order valence-corrected chi connectivity index (χ4v) is 4.05. The van der Waals surface area contributed by atoms with E-state index in [1.807, 2.05) is 0 Å². The normalized spacial score (nSPS) is 52.5. The second-order valence-corrected chi connectivity index (χ2v) is 8.33. The lowest BCUT2D eigenvalue weighted by Crippen LogP contribution is -2.66. The monoisotopic (exact) mass is 504 g/mol. The Balaban J connectivity index is 1.72. The maximum Gasteiger partial charge on any atom is 0.187 e. The summed E-state index contributed by atoms with van der Waals surface area (Å²) in [6.45, 7) is -2.31. The fraction of sp³-hybridized carbons (Fsp3) is 1.00. The predicted octanol–water partition coefficient (Wildman–Crippen LogP) is -7.57. The number of aliphatic hydroxyl groups is 11. The molecule has 16 heteroatoms. The van der Waals surface area contributed by atoms with E-state index >= 15 is 0 Å². The number of hydrogen-bond donors (Lipinski definition) is 11. The standard InChI is InChI=1S/C18H32O16/c19-1-4-7(22)9(24)11(26)17(31-4)33-14-6(3-21)32-18(12(27)10(14)25)34-15-8(23)5(2-20)30-16(29)13(15)28/h4-29H,1-3H2/t4-,5-,6-,7-,8-,9+,10-,11-,12-,13-,14-,15+,16?,17+,18+/m1/s1. The lowest BCUT2D eigenvalue weighted by molar-refractivity contribution is -0.378. The van der Waals surface area contributed by atoms with Crippen molar-refractivity contribution in [2.75, 3.05) is 19.8 Å². The summed E-state index contributed by atoms with van der Waals surface area (Å²) in [4.78, 5) is 0. The van der Waals surface area contributed by atoms with Crippen LogP contribution in [0.2, 0.25) is 0 Å². The smallest absolute Gasteiger partial charge is 0.187 e. The van der Waals surface area contributed by atoms with Gasteiger partial charge in [0.2, 0.25) is 0 Å². The van der Waals surface area contributed by atoms with Crippen LogP contribution in [0.25, 0.3) is 0 Å². The van der Waals surface area contributed by atoms with Crippen LogP contribution in [0.1, 0.15) is 0 Å². The van der Waals surface area contributed by atoms with Gasteiger partial charge in [0.1, 0.15) is 73.2 Å². The van der Waals surface area contributed by atoms with Gasteiger partial charge in [0.25, 0.3) is 0 Å². The van der Waals surface area contributed by atoms with E-state index in [1.54, 1.807) is 0 Å². The molecule has 3 rings (SSSR count). The molecule has 0 bridgehead atoms. The van der Waals surface area contributed by atoms with Gasteiger partial charge in [-0.05, 0) is 0 Å². The van der Waals surface area contributed by atoms with Crippen molar-refractivity contribution in [2.24, 2.45) is 0 Å². The fourth-order valence-electron chi connectivity index (χ4n) is 4.05. The van der Waals surface area contributed by atoms with Crippen LogP contribution in [-0.2, 0) is 23.7 Å². The largest absolute Gasteiger partial charge is 0.394 e. The van der Waals surface area contributed by atoms with Gasteiger partial charge in [-0.25, -0.2) is 0 Å². The van der Waals surface area contributed by atoms with Crippen molar-refractivity contribution in [1.82, 2.24) is 0 Å². The van der Waals surface area contributed by atoms with Crippen molar-refractivity contribution in [1.29, 1.82) is 0 Å². The third kappa shape index (κ3) is 5.37. The molecule has 3 aliphatic rings. The van der Waals surface area contributed by atoms with Gasteiger partial charge in [-0.1, -0.05) is 0 Å². The first-order valence-electron chi connectivity index (χ1n) is 10.6. The third-order valence-corrected chi connectivity index (χ3v) is 6.09. The molecule has 3 aliphatic heterocycles. The second-order valence-electron chi connectivity index (χ2n) is 8.33. The maximum atomic E-state index is 10.6. The highest BCUT2D eigenvalue weighted by Gasteiger charge is 2.53. The minimum absolute atomic E-state index is 0.740. The zero-order chi connectivity index (χ0) is 25.3. The van der Waals surface area contributed by atoms with E-state index < -0.39 is 112 Å². The van der Waals surface area contributed by atoms with E-state index in [0.717, 1.165) is 0 Å². The summed E-state index contributed by atoms with van der Waals surface area (Å²) >= 11 is 0. The molecule has 0 amide bonds. The molecule has 3 fully saturated rings. The minimum atomic E-state index is -1.93. The average Bonchev–Trinajstić information content (AvgIpc) is 2.83. The molecule has 0 aliphatic carbocycles. The van der Waals surface area contributed by atoms with Gasteiger partial charge in [0, 0.05) is 0 Å². The highest BCUT2D eigenvalue weighted by Crippen LogP contribution is 2.32. The van der Waals surface area contributed by atoms with E-state index in [1.165, 1.54) is 0 Å². The van der Waals surface area contributed by atoms with E-state index in [2.05, 4.69) is 0 Å². The molecule has 1 unspecified atom stereocenters.